The van der Waals surface area contributed by atoms with Gasteiger partial charge in [-0.3, -0.25) is 0 Å². The average molecular weight is 312 g/mol. The average Bonchev–Trinajstić information content (AvgIpc) is 2.56. The first-order valence-corrected chi connectivity index (χ1v) is 8.06. The maximum atomic E-state index is 13.2. The summed E-state index contributed by atoms with van der Waals surface area (Å²) in [5, 5.41) is 2.76. The predicted octanol–water partition coefficient (Wildman–Crippen LogP) is 4.31. The van der Waals surface area contributed by atoms with Gasteiger partial charge in [0.1, 0.15) is 5.82 Å². The quantitative estimate of drug-likeness (QED) is 0.900. The van der Waals surface area contributed by atoms with E-state index in [-0.39, 0.29) is 11.8 Å². The fourth-order valence-corrected chi connectivity index (χ4v) is 3.06. The van der Waals surface area contributed by atoms with Crippen molar-refractivity contribution >= 4 is 11.7 Å². The van der Waals surface area contributed by atoms with E-state index in [1.165, 1.54) is 17.7 Å². The summed E-state index contributed by atoms with van der Waals surface area (Å²) in [4.78, 5) is 14.0. The molecule has 0 atom stereocenters. The van der Waals surface area contributed by atoms with Gasteiger partial charge in [-0.05, 0) is 48.9 Å². The van der Waals surface area contributed by atoms with Crippen LogP contribution in [0.15, 0.2) is 54.6 Å². The third-order valence-electron chi connectivity index (χ3n) is 4.34. The summed E-state index contributed by atoms with van der Waals surface area (Å²) in [6.07, 6.45) is 3.08. The lowest BCUT2D eigenvalue weighted by Crippen LogP contribution is -2.41. The normalized spacial score (nSPS) is 15.4. The Morgan fingerprint density at radius 3 is 2.52 bits per heavy atom. The standard InChI is InChI=1S/C19H21FN2O/c20-17-7-4-8-18(14-17)21-19(23)22-11-9-16(10-12-22)13-15-5-2-1-3-6-15/h1-8,14,16H,9-13H2,(H,21,23). The van der Waals surface area contributed by atoms with Crippen LogP contribution in [0.5, 0.6) is 0 Å². The molecule has 3 rings (SSSR count). The number of piperidine rings is 1. The van der Waals surface area contributed by atoms with Crippen LogP contribution in [0.3, 0.4) is 0 Å². The molecule has 1 saturated heterocycles. The first kappa shape index (κ1) is 15.5. The van der Waals surface area contributed by atoms with Crippen LogP contribution in [-0.4, -0.2) is 24.0 Å². The van der Waals surface area contributed by atoms with Crippen molar-refractivity contribution in [2.75, 3.05) is 18.4 Å². The molecule has 0 bridgehead atoms. The van der Waals surface area contributed by atoms with Crippen LogP contribution in [0, 0.1) is 11.7 Å². The molecule has 0 aromatic heterocycles. The van der Waals surface area contributed by atoms with E-state index in [9.17, 15) is 9.18 Å². The maximum Gasteiger partial charge on any atom is 0.321 e. The van der Waals surface area contributed by atoms with Crippen LogP contribution in [-0.2, 0) is 6.42 Å². The van der Waals surface area contributed by atoms with Crippen LogP contribution in [0.2, 0.25) is 0 Å². The second-order valence-corrected chi connectivity index (χ2v) is 6.06. The predicted molar refractivity (Wildman–Crippen MR) is 89.9 cm³/mol. The van der Waals surface area contributed by atoms with E-state index in [2.05, 4.69) is 29.6 Å². The summed E-state index contributed by atoms with van der Waals surface area (Å²) >= 11 is 0. The summed E-state index contributed by atoms with van der Waals surface area (Å²) in [6, 6.07) is 16.3. The zero-order chi connectivity index (χ0) is 16.1. The second-order valence-electron chi connectivity index (χ2n) is 6.06. The van der Waals surface area contributed by atoms with Crippen LogP contribution in [0.25, 0.3) is 0 Å². The summed E-state index contributed by atoms with van der Waals surface area (Å²) < 4.78 is 13.2. The van der Waals surface area contributed by atoms with E-state index in [0.717, 1.165) is 32.4 Å². The lowest BCUT2D eigenvalue weighted by Gasteiger charge is -2.32. The Morgan fingerprint density at radius 2 is 1.83 bits per heavy atom. The van der Waals surface area contributed by atoms with E-state index >= 15 is 0 Å². The minimum atomic E-state index is -0.343. The molecule has 1 aliphatic rings. The molecule has 1 aliphatic heterocycles. The first-order chi connectivity index (χ1) is 11.2. The molecule has 0 radical (unpaired) electrons. The van der Waals surface area contributed by atoms with E-state index in [1.54, 1.807) is 12.1 Å². The van der Waals surface area contributed by atoms with Gasteiger partial charge in [0.15, 0.2) is 0 Å². The minimum Gasteiger partial charge on any atom is -0.325 e. The van der Waals surface area contributed by atoms with Gasteiger partial charge in [0, 0.05) is 18.8 Å². The maximum absolute atomic E-state index is 13.2. The number of nitrogens with one attached hydrogen (secondary N) is 1. The highest BCUT2D eigenvalue weighted by atomic mass is 19.1. The van der Waals surface area contributed by atoms with Crippen LogP contribution < -0.4 is 5.32 Å². The number of hydrogen-bond acceptors (Lipinski definition) is 1. The summed E-state index contributed by atoms with van der Waals surface area (Å²) in [7, 11) is 0. The number of carbonyl (C=O) groups excluding carboxylic acids is 1. The Bertz CT molecular complexity index is 651. The van der Waals surface area contributed by atoms with Crippen molar-refractivity contribution in [1.29, 1.82) is 0 Å². The van der Waals surface area contributed by atoms with Crippen molar-refractivity contribution in [1.82, 2.24) is 4.90 Å². The van der Waals surface area contributed by atoms with Gasteiger partial charge in [-0.2, -0.15) is 0 Å². The van der Waals surface area contributed by atoms with Crippen LogP contribution >= 0.6 is 0 Å². The van der Waals surface area contributed by atoms with Gasteiger partial charge >= 0.3 is 6.03 Å². The Morgan fingerprint density at radius 1 is 1.09 bits per heavy atom. The molecule has 2 aromatic rings. The molecule has 120 valence electrons. The van der Waals surface area contributed by atoms with Gasteiger partial charge in [-0.25, -0.2) is 9.18 Å². The van der Waals surface area contributed by atoms with Crippen molar-refractivity contribution in [2.45, 2.75) is 19.3 Å². The SMILES string of the molecule is O=C(Nc1cccc(F)c1)N1CCC(Cc2ccccc2)CC1. The summed E-state index contributed by atoms with van der Waals surface area (Å²) in [6.45, 7) is 1.50. The number of likely N-dealkylation sites (tertiary alicyclic amines) is 1. The van der Waals surface area contributed by atoms with Crippen molar-refractivity contribution in [3.05, 3.63) is 66.0 Å². The zero-order valence-corrected chi connectivity index (χ0v) is 13.0. The van der Waals surface area contributed by atoms with Gasteiger partial charge < -0.3 is 10.2 Å². The van der Waals surface area contributed by atoms with Crippen molar-refractivity contribution in [3.63, 3.8) is 0 Å². The van der Waals surface area contributed by atoms with Gasteiger partial charge in [0.05, 0.1) is 0 Å². The van der Waals surface area contributed by atoms with E-state index in [0.29, 0.717) is 11.6 Å². The highest BCUT2D eigenvalue weighted by Gasteiger charge is 2.23. The molecule has 4 heteroatoms. The lowest BCUT2D eigenvalue weighted by molar-refractivity contribution is 0.182. The summed E-state index contributed by atoms with van der Waals surface area (Å²) in [5.74, 6) is 0.278. The Balaban J connectivity index is 1.49. The van der Waals surface area contributed by atoms with E-state index < -0.39 is 0 Å². The molecule has 0 saturated carbocycles. The van der Waals surface area contributed by atoms with Crippen LogP contribution in [0.1, 0.15) is 18.4 Å². The Kier molecular flexibility index (Phi) is 4.91. The number of benzene rings is 2. The molecule has 2 amide bonds. The summed E-state index contributed by atoms with van der Waals surface area (Å²) in [5.41, 5.74) is 1.86. The second kappa shape index (κ2) is 7.27. The number of rotatable bonds is 3. The molecule has 1 fully saturated rings. The topological polar surface area (TPSA) is 32.3 Å². The smallest absolute Gasteiger partial charge is 0.321 e. The van der Waals surface area contributed by atoms with E-state index in [1.807, 2.05) is 11.0 Å². The molecule has 3 nitrogen and oxygen atoms in total. The van der Waals surface area contributed by atoms with Crippen molar-refractivity contribution < 1.29 is 9.18 Å². The number of amides is 2. The molecular weight excluding hydrogens is 291 g/mol. The van der Waals surface area contributed by atoms with E-state index in [4.69, 9.17) is 0 Å². The van der Waals surface area contributed by atoms with Gasteiger partial charge in [0.25, 0.3) is 0 Å². The molecule has 2 aromatic carbocycles. The number of anilines is 1. The molecular formula is C19H21FN2O. The first-order valence-electron chi connectivity index (χ1n) is 8.06. The minimum absolute atomic E-state index is 0.145. The molecule has 1 heterocycles. The Hall–Kier alpha value is -2.36. The van der Waals surface area contributed by atoms with Crippen molar-refractivity contribution in [3.8, 4) is 0 Å². The van der Waals surface area contributed by atoms with Gasteiger partial charge in [-0.1, -0.05) is 36.4 Å². The Labute approximate surface area is 136 Å². The molecule has 0 spiro atoms. The third-order valence-corrected chi connectivity index (χ3v) is 4.34. The fourth-order valence-electron chi connectivity index (χ4n) is 3.06. The van der Waals surface area contributed by atoms with Gasteiger partial charge in [-0.15, -0.1) is 0 Å². The highest BCUT2D eigenvalue weighted by molar-refractivity contribution is 5.89. The number of urea groups is 1. The van der Waals surface area contributed by atoms with Gasteiger partial charge in [0.2, 0.25) is 0 Å². The number of hydrogen-bond donors (Lipinski definition) is 1. The largest absolute Gasteiger partial charge is 0.325 e. The molecule has 1 N–H and O–H groups in total. The number of carbonyl (C=O) groups is 1. The molecule has 0 unspecified atom stereocenters. The molecule has 23 heavy (non-hydrogen) atoms. The monoisotopic (exact) mass is 312 g/mol. The third kappa shape index (κ3) is 4.31. The number of nitrogens with zero attached hydrogens (tertiary/aromatic N) is 1. The van der Waals surface area contributed by atoms with Crippen molar-refractivity contribution in [2.24, 2.45) is 5.92 Å². The molecule has 0 aliphatic carbocycles. The zero-order valence-electron chi connectivity index (χ0n) is 13.0. The number of halogens is 1. The lowest BCUT2D eigenvalue weighted by atomic mass is 9.90. The highest BCUT2D eigenvalue weighted by Crippen LogP contribution is 2.22. The fraction of sp³-hybridized carbons (Fsp3) is 0.316. The van der Waals surface area contributed by atoms with Crippen LogP contribution in [0.4, 0.5) is 14.9 Å².